The van der Waals surface area contributed by atoms with Crippen molar-refractivity contribution in [2.24, 2.45) is 0 Å². The fourth-order valence-corrected chi connectivity index (χ4v) is 2.67. The van der Waals surface area contributed by atoms with Gasteiger partial charge in [0.2, 0.25) is 0 Å². The minimum Gasteiger partial charge on any atom is -0.309 e. The van der Waals surface area contributed by atoms with E-state index in [2.05, 4.69) is 28.6 Å². The lowest BCUT2D eigenvalue weighted by Gasteiger charge is -2.15. The van der Waals surface area contributed by atoms with Crippen LogP contribution in [0.5, 0.6) is 0 Å². The Hall–Kier alpha value is -1.07. The van der Waals surface area contributed by atoms with Gasteiger partial charge in [-0.15, -0.1) is 0 Å². The van der Waals surface area contributed by atoms with Gasteiger partial charge < -0.3 is 5.32 Å². The average molecular weight is 264 g/mol. The highest BCUT2D eigenvalue weighted by Crippen LogP contribution is 2.06. The van der Waals surface area contributed by atoms with E-state index in [9.17, 15) is 0 Å². The number of thioether (sulfide) groups is 1. The second-order valence-corrected chi connectivity index (χ2v) is 5.40. The number of aromatic nitrogens is 3. The normalized spacial score (nSPS) is 13.1. The molecule has 0 aliphatic heterocycles. The van der Waals surface area contributed by atoms with Crippen molar-refractivity contribution in [2.45, 2.75) is 32.9 Å². The molecule has 1 unspecified atom stereocenters. The highest BCUT2D eigenvalue weighted by Gasteiger charge is 2.05. The van der Waals surface area contributed by atoms with Gasteiger partial charge in [-0.05, 0) is 19.6 Å². The molecule has 0 amide bonds. The van der Waals surface area contributed by atoms with Crippen LogP contribution in [0.15, 0.2) is 18.5 Å². The molecule has 0 radical (unpaired) electrons. The monoisotopic (exact) mass is 264 g/mol. The summed E-state index contributed by atoms with van der Waals surface area (Å²) < 4.78 is 1.85. The summed E-state index contributed by atoms with van der Waals surface area (Å²) in [5, 5.41) is 7.94. The molecular formula is C13H20N4S. The third-order valence-electron chi connectivity index (χ3n) is 2.94. The van der Waals surface area contributed by atoms with E-state index in [1.807, 2.05) is 41.7 Å². The van der Waals surface area contributed by atoms with Gasteiger partial charge in [-0.3, -0.25) is 0 Å². The first-order chi connectivity index (χ1) is 8.72. The Bertz CT molecular complexity index is 509. The van der Waals surface area contributed by atoms with Crippen LogP contribution in [0, 0.1) is 6.92 Å². The number of fused-ring (bicyclic) bond motifs is 1. The third-order valence-corrected chi connectivity index (χ3v) is 3.68. The summed E-state index contributed by atoms with van der Waals surface area (Å²) >= 11 is 1.88. The molecule has 0 spiro atoms. The summed E-state index contributed by atoms with van der Waals surface area (Å²) in [6, 6.07) is 2.55. The van der Waals surface area contributed by atoms with Crippen molar-refractivity contribution in [3.05, 3.63) is 29.7 Å². The van der Waals surface area contributed by atoms with Crippen LogP contribution in [0.1, 0.15) is 24.6 Å². The zero-order chi connectivity index (χ0) is 13.0. The van der Waals surface area contributed by atoms with Crippen LogP contribution in [0.3, 0.4) is 0 Å². The van der Waals surface area contributed by atoms with Crippen molar-refractivity contribution in [3.8, 4) is 0 Å². The second-order valence-electron chi connectivity index (χ2n) is 4.49. The molecule has 0 bridgehead atoms. The minimum absolute atomic E-state index is 0.565. The van der Waals surface area contributed by atoms with Gasteiger partial charge in [0.1, 0.15) is 0 Å². The predicted molar refractivity (Wildman–Crippen MR) is 77.0 cm³/mol. The summed E-state index contributed by atoms with van der Waals surface area (Å²) in [6.07, 6.45) is 7.27. The van der Waals surface area contributed by atoms with Gasteiger partial charge in [-0.2, -0.15) is 16.9 Å². The molecule has 0 aliphatic carbocycles. The van der Waals surface area contributed by atoms with Gasteiger partial charge in [0.05, 0.1) is 5.69 Å². The quantitative estimate of drug-likeness (QED) is 0.869. The summed E-state index contributed by atoms with van der Waals surface area (Å²) in [5.74, 6) is 1.15. The van der Waals surface area contributed by atoms with E-state index in [1.54, 1.807) is 0 Å². The molecule has 0 aromatic carbocycles. The molecule has 0 saturated heterocycles. The number of aryl methyl sites for hydroxylation is 1. The molecule has 1 atom stereocenters. The molecule has 0 fully saturated rings. The molecule has 2 aromatic heterocycles. The maximum absolute atomic E-state index is 4.41. The summed E-state index contributed by atoms with van der Waals surface area (Å²) in [7, 11) is 0. The Labute approximate surface area is 112 Å². The van der Waals surface area contributed by atoms with Crippen molar-refractivity contribution in [1.82, 2.24) is 19.9 Å². The molecule has 5 heteroatoms. The summed E-state index contributed by atoms with van der Waals surface area (Å²) in [5.41, 5.74) is 3.08. The van der Waals surface area contributed by atoms with Crippen LogP contribution in [0.2, 0.25) is 0 Å². The van der Waals surface area contributed by atoms with Crippen molar-refractivity contribution in [2.75, 3.05) is 12.0 Å². The Morgan fingerprint density at radius 2 is 2.33 bits per heavy atom. The first-order valence-corrected chi connectivity index (χ1v) is 7.65. The van der Waals surface area contributed by atoms with Crippen LogP contribution in [-0.2, 0) is 6.54 Å². The van der Waals surface area contributed by atoms with Gasteiger partial charge in [0.25, 0.3) is 0 Å². The van der Waals surface area contributed by atoms with Gasteiger partial charge in [-0.25, -0.2) is 9.50 Å². The minimum atomic E-state index is 0.565. The number of hydrogen-bond acceptors (Lipinski definition) is 4. The summed E-state index contributed by atoms with van der Waals surface area (Å²) in [6.45, 7) is 5.05. The van der Waals surface area contributed by atoms with Crippen LogP contribution < -0.4 is 5.32 Å². The topological polar surface area (TPSA) is 42.2 Å². The molecular weight excluding hydrogens is 244 g/mol. The van der Waals surface area contributed by atoms with Gasteiger partial charge >= 0.3 is 0 Å². The van der Waals surface area contributed by atoms with E-state index in [-0.39, 0.29) is 0 Å². The van der Waals surface area contributed by atoms with Gasteiger partial charge in [0, 0.05) is 42.4 Å². The lowest BCUT2D eigenvalue weighted by Crippen LogP contribution is -2.30. The maximum atomic E-state index is 4.41. The first kappa shape index (κ1) is 13.4. The Balaban J connectivity index is 2.02. The Morgan fingerprint density at radius 3 is 3.06 bits per heavy atom. The van der Waals surface area contributed by atoms with Crippen LogP contribution >= 0.6 is 11.8 Å². The van der Waals surface area contributed by atoms with Gasteiger partial charge in [-0.1, -0.05) is 6.92 Å². The molecule has 18 heavy (non-hydrogen) atoms. The zero-order valence-corrected chi connectivity index (χ0v) is 12.0. The Kier molecular flexibility index (Phi) is 4.60. The fourth-order valence-electron chi connectivity index (χ4n) is 1.91. The SMILES string of the molecule is CCC(CSC)NCc1cnc2cc(C)nn2c1. The lowest BCUT2D eigenvalue weighted by atomic mass is 10.2. The smallest absolute Gasteiger partial charge is 0.155 e. The number of nitrogens with zero attached hydrogens (tertiary/aromatic N) is 3. The van der Waals surface area contributed by atoms with Crippen LogP contribution in [-0.4, -0.2) is 32.6 Å². The number of hydrogen-bond donors (Lipinski definition) is 1. The molecule has 1 N–H and O–H groups in total. The molecule has 0 saturated carbocycles. The standard InChI is InChI=1S/C13H20N4S/c1-4-12(9-18-3)14-6-11-7-15-13-5-10(2)16-17(13)8-11/h5,7-8,12,14H,4,6,9H2,1-3H3. The zero-order valence-electron chi connectivity index (χ0n) is 11.2. The molecule has 2 aromatic rings. The number of nitrogens with one attached hydrogen (secondary N) is 1. The third kappa shape index (κ3) is 3.23. The first-order valence-electron chi connectivity index (χ1n) is 6.26. The fraction of sp³-hybridized carbons (Fsp3) is 0.538. The highest BCUT2D eigenvalue weighted by atomic mass is 32.2. The molecule has 4 nitrogen and oxygen atoms in total. The molecule has 2 heterocycles. The van der Waals surface area contributed by atoms with E-state index in [0.29, 0.717) is 6.04 Å². The summed E-state index contributed by atoms with van der Waals surface area (Å²) in [4.78, 5) is 4.41. The van der Waals surface area contributed by atoms with Crippen molar-refractivity contribution < 1.29 is 0 Å². The van der Waals surface area contributed by atoms with E-state index in [0.717, 1.165) is 30.1 Å². The predicted octanol–water partition coefficient (Wildman–Crippen LogP) is 2.27. The lowest BCUT2D eigenvalue weighted by molar-refractivity contribution is 0.539. The average Bonchev–Trinajstić information content (AvgIpc) is 2.73. The van der Waals surface area contributed by atoms with Crippen LogP contribution in [0.4, 0.5) is 0 Å². The molecule has 0 aliphatic rings. The molecule has 2 rings (SSSR count). The van der Waals surface area contributed by atoms with Crippen molar-refractivity contribution in [3.63, 3.8) is 0 Å². The maximum Gasteiger partial charge on any atom is 0.155 e. The number of rotatable bonds is 6. The van der Waals surface area contributed by atoms with E-state index in [1.165, 1.54) is 5.56 Å². The Morgan fingerprint density at radius 1 is 1.50 bits per heavy atom. The van der Waals surface area contributed by atoms with E-state index in [4.69, 9.17) is 0 Å². The largest absolute Gasteiger partial charge is 0.309 e. The van der Waals surface area contributed by atoms with Crippen molar-refractivity contribution >= 4 is 17.4 Å². The van der Waals surface area contributed by atoms with E-state index < -0.39 is 0 Å². The highest BCUT2D eigenvalue weighted by molar-refractivity contribution is 7.98. The van der Waals surface area contributed by atoms with E-state index >= 15 is 0 Å². The second kappa shape index (κ2) is 6.20. The van der Waals surface area contributed by atoms with Crippen molar-refractivity contribution in [1.29, 1.82) is 0 Å². The molecule has 98 valence electrons. The van der Waals surface area contributed by atoms with Crippen LogP contribution in [0.25, 0.3) is 5.65 Å². The van der Waals surface area contributed by atoms with Gasteiger partial charge in [0.15, 0.2) is 5.65 Å².